The number of unbranched alkanes of at least 4 members (excludes halogenated alkanes) is 1. The standard InChI is InChI=1S/C19H36N6O.HI/c1-5-20-18(22-8-6-7-10-24-11-9-21-17(24)2)23-16-19(3,4)25-12-14-26-15-13-25;/h9,11H,5-8,10,12-16H2,1-4H3,(H2,20,22,23);1H. The predicted octanol–water partition coefficient (Wildman–Crippen LogP) is 2.26. The Hall–Kier alpha value is -0.870. The van der Waals surface area contributed by atoms with Crippen LogP contribution in [0.1, 0.15) is 39.4 Å². The van der Waals surface area contributed by atoms with E-state index in [4.69, 9.17) is 9.73 Å². The summed E-state index contributed by atoms with van der Waals surface area (Å²) in [5, 5.41) is 6.81. The number of aryl methyl sites for hydroxylation is 2. The van der Waals surface area contributed by atoms with Crippen LogP contribution >= 0.6 is 24.0 Å². The van der Waals surface area contributed by atoms with Gasteiger partial charge in [-0.05, 0) is 40.5 Å². The number of morpholine rings is 1. The van der Waals surface area contributed by atoms with Gasteiger partial charge in [0, 0.05) is 50.7 Å². The highest BCUT2D eigenvalue weighted by Gasteiger charge is 2.28. The molecule has 1 aromatic heterocycles. The van der Waals surface area contributed by atoms with E-state index in [9.17, 15) is 0 Å². The molecule has 8 heteroatoms. The van der Waals surface area contributed by atoms with E-state index in [-0.39, 0.29) is 29.5 Å². The highest BCUT2D eigenvalue weighted by atomic mass is 127. The Kier molecular flexibility index (Phi) is 11.2. The second-order valence-corrected chi connectivity index (χ2v) is 7.41. The Bertz CT molecular complexity index is 554. The zero-order valence-corrected chi connectivity index (χ0v) is 19.7. The van der Waals surface area contributed by atoms with Crippen LogP contribution in [-0.2, 0) is 11.3 Å². The number of nitrogens with zero attached hydrogens (tertiary/aromatic N) is 4. The van der Waals surface area contributed by atoms with Gasteiger partial charge in [0.25, 0.3) is 0 Å². The van der Waals surface area contributed by atoms with Crippen LogP contribution < -0.4 is 10.6 Å². The number of ether oxygens (including phenoxy) is 1. The lowest BCUT2D eigenvalue weighted by Crippen LogP contribution is -2.52. The molecule has 0 aliphatic carbocycles. The summed E-state index contributed by atoms with van der Waals surface area (Å²) < 4.78 is 7.66. The van der Waals surface area contributed by atoms with Crippen molar-refractivity contribution in [3.05, 3.63) is 18.2 Å². The number of rotatable bonds is 9. The fraction of sp³-hybridized carbons (Fsp3) is 0.789. The van der Waals surface area contributed by atoms with Crippen molar-refractivity contribution in [1.82, 2.24) is 25.1 Å². The molecule has 2 heterocycles. The maximum absolute atomic E-state index is 5.46. The summed E-state index contributed by atoms with van der Waals surface area (Å²) in [5.74, 6) is 1.99. The molecule has 27 heavy (non-hydrogen) atoms. The van der Waals surface area contributed by atoms with Gasteiger partial charge in [0.15, 0.2) is 5.96 Å². The molecule has 1 aliphatic rings. The maximum Gasteiger partial charge on any atom is 0.191 e. The normalized spacial score (nSPS) is 16.1. The number of aromatic nitrogens is 2. The molecule has 1 aromatic rings. The molecule has 0 radical (unpaired) electrons. The van der Waals surface area contributed by atoms with E-state index in [2.05, 4.69) is 45.9 Å². The van der Waals surface area contributed by atoms with Crippen molar-refractivity contribution in [1.29, 1.82) is 0 Å². The van der Waals surface area contributed by atoms with Crippen LogP contribution in [0.5, 0.6) is 0 Å². The van der Waals surface area contributed by atoms with Gasteiger partial charge in [0.05, 0.1) is 19.8 Å². The van der Waals surface area contributed by atoms with E-state index in [0.717, 1.165) is 77.1 Å². The van der Waals surface area contributed by atoms with Gasteiger partial charge in [-0.2, -0.15) is 0 Å². The molecule has 0 atom stereocenters. The molecule has 1 aliphatic heterocycles. The number of hydrogen-bond donors (Lipinski definition) is 2. The van der Waals surface area contributed by atoms with E-state index in [0.29, 0.717) is 0 Å². The molecule has 0 spiro atoms. The second-order valence-electron chi connectivity index (χ2n) is 7.41. The van der Waals surface area contributed by atoms with E-state index in [1.807, 2.05) is 19.3 Å². The van der Waals surface area contributed by atoms with Gasteiger partial charge in [-0.3, -0.25) is 9.89 Å². The van der Waals surface area contributed by atoms with E-state index < -0.39 is 0 Å². The molecular weight excluding hydrogens is 455 g/mol. The molecule has 1 fully saturated rings. The first-order valence-corrected chi connectivity index (χ1v) is 9.85. The number of halogens is 1. The van der Waals surface area contributed by atoms with Gasteiger partial charge >= 0.3 is 0 Å². The van der Waals surface area contributed by atoms with Gasteiger partial charge < -0.3 is 19.9 Å². The Balaban J connectivity index is 0.00000364. The van der Waals surface area contributed by atoms with Crippen LogP contribution in [-0.4, -0.2) is 71.9 Å². The third-order valence-corrected chi connectivity index (χ3v) is 4.88. The lowest BCUT2D eigenvalue weighted by Gasteiger charge is -2.39. The maximum atomic E-state index is 5.46. The third kappa shape index (κ3) is 8.35. The van der Waals surface area contributed by atoms with Gasteiger partial charge in [0.1, 0.15) is 5.82 Å². The monoisotopic (exact) mass is 492 g/mol. The van der Waals surface area contributed by atoms with Crippen LogP contribution in [0.25, 0.3) is 0 Å². The minimum atomic E-state index is 0. The van der Waals surface area contributed by atoms with Crippen molar-refractivity contribution < 1.29 is 4.74 Å². The molecule has 0 aromatic carbocycles. The zero-order chi connectivity index (χ0) is 18.8. The third-order valence-electron chi connectivity index (χ3n) is 4.88. The number of nitrogens with one attached hydrogen (secondary N) is 2. The molecule has 7 nitrogen and oxygen atoms in total. The van der Waals surface area contributed by atoms with Crippen LogP contribution in [0.15, 0.2) is 17.4 Å². The Morgan fingerprint density at radius 2 is 2.00 bits per heavy atom. The van der Waals surface area contributed by atoms with Crippen LogP contribution in [0.2, 0.25) is 0 Å². The van der Waals surface area contributed by atoms with E-state index >= 15 is 0 Å². The predicted molar refractivity (Wildman–Crippen MR) is 122 cm³/mol. The van der Waals surface area contributed by atoms with E-state index in [1.54, 1.807) is 0 Å². The summed E-state index contributed by atoms with van der Waals surface area (Å²) in [7, 11) is 0. The number of hydrogen-bond acceptors (Lipinski definition) is 4. The fourth-order valence-corrected chi connectivity index (χ4v) is 3.14. The van der Waals surface area contributed by atoms with Crippen LogP contribution in [0, 0.1) is 6.92 Å². The van der Waals surface area contributed by atoms with Crippen LogP contribution in [0.4, 0.5) is 0 Å². The van der Waals surface area contributed by atoms with Crippen molar-refractivity contribution in [2.45, 2.75) is 52.6 Å². The highest BCUT2D eigenvalue weighted by Crippen LogP contribution is 2.16. The minimum Gasteiger partial charge on any atom is -0.379 e. The Morgan fingerprint density at radius 1 is 1.26 bits per heavy atom. The number of aliphatic imine (C=N–C) groups is 1. The number of guanidine groups is 1. The molecular formula is C19H37IN6O. The first-order valence-electron chi connectivity index (χ1n) is 9.85. The van der Waals surface area contributed by atoms with Gasteiger partial charge in [-0.1, -0.05) is 0 Å². The molecule has 0 amide bonds. The lowest BCUT2D eigenvalue weighted by atomic mass is 10.0. The molecule has 1 saturated heterocycles. The van der Waals surface area contributed by atoms with Crippen molar-refractivity contribution >= 4 is 29.9 Å². The lowest BCUT2D eigenvalue weighted by molar-refractivity contribution is -0.00683. The SMILES string of the molecule is CCNC(=NCC(C)(C)N1CCOCC1)NCCCCn1ccnc1C.I. The number of imidazole rings is 1. The van der Waals surface area contributed by atoms with Crippen LogP contribution in [0.3, 0.4) is 0 Å². The summed E-state index contributed by atoms with van der Waals surface area (Å²) in [6.45, 7) is 15.9. The molecule has 2 rings (SSSR count). The fourth-order valence-electron chi connectivity index (χ4n) is 3.14. The highest BCUT2D eigenvalue weighted by molar-refractivity contribution is 14.0. The zero-order valence-electron chi connectivity index (χ0n) is 17.3. The first-order chi connectivity index (χ1) is 12.5. The molecule has 156 valence electrons. The summed E-state index contributed by atoms with van der Waals surface area (Å²) in [5.41, 5.74) is 0.0467. The minimum absolute atomic E-state index is 0. The van der Waals surface area contributed by atoms with Gasteiger partial charge in [-0.25, -0.2) is 4.98 Å². The summed E-state index contributed by atoms with van der Waals surface area (Å²) in [4.78, 5) is 11.5. The topological polar surface area (TPSA) is 66.7 Å². The molecule has 0 saturated carbocycles. The summed E-state index contributed by atoms with van der Waals surface area (Å²) >= 11 is 0. The quantitative estimate of drug-likeness (QED) is 0.240. The molecule has 0 unspecified atom stereocenters. The van der Waals surface area contributed by atoms with E-state index in [1.165, 1.54) is 0 Å². The average molecular weight is 492 g/mol. The van der Waals surface area contributed by atoms with Crippen molar-refractivity contribution in [3.8, 4) is 0 Å². The second kappa shape index (κ2) is 12.6. The van der Waals surface area contributed by atoms with Crippen molar-refractivity contribution in [3.63, 3.8) is 0 Å². The first kappa shape index (κ1) is 24.2. The summed E-state index contributed by atoms with van der Waals surface area (Å²) in [6.07, 6.45) is 6.14. The largest absolute Gasteiger partial charge is 0.379 e. The Morgan fingerprint density at radius 3 is 2.63 bits per heavy atom. The molecule has 0 bridgehead atoms. The smallest absolute Gasteiger partial charge is 0.191 e. The van der Waals surface area contributed by atoms with Crippen molar-refractivity contribution in [2.24, 2.45) is 4.99 Å². The summed E-state index contributed by atoms with van der Waals surface area (Å²) in [6, 6.07) is 0. The van der Waals surface area contributed by atoms with Crippen molar-refractivity contribution in [2.75, 3.05) is 45.9 Å². The van der Waals surface area contributed by atoms with Gasteiger partial charge in [-0.15, -0.1) is 24.0 Å². The van der Waals surface area contributed by atoms with Gasteiger partial charge in [0.2, 0.25) is 0 Å². The average Bonchev–Trinajstić information content (AvgIpc) is 3.05. The molecule has 2 N–H and O–H groups in total. The Labute approximate surface area is 181 Å².